The fraction of sp³-hybridized carbons (Fsp3) is 0.148. The van der Waals surface area contributed by atoms with Crippen LogP contribution in [0.3, 0.4) is 0 Å². The van der Waals surface area contributed by atoms with E-state index in [1.807, 2.05) is 62.4 Å². The Hall–Kier alpha value is -4.19. The molecule has 1 aliphatic heterocycles. The van der Waals surface area contributed by atoms with Crippen LogP contribution in [0.1, 0.15) is 29.2 Å². The molecule has 166 valence electrons. The Morgan fingerprint density at radius 2 is 1.58 bits per heavy atom. The fourth-order valence-electron chi connectivity index (χ4n) is 3.80. The molecule has 0 saturated carbocycles. The van der Waals surface area contributed by atoms with Gasteiger partial charge in [0, 0.05) is 18.3 Å². The van der Waals surface area contributed by atoms with E-state index in [2.05, 4.69) is 10.6 Å². The molecular weight excluding hydrogens is 414 g/mol. The van der Waals surface area contributed by atoms with Crippen molar-refractivity contribution in [3.63, 3.8) is 0 Å². The van der Waals surface area contributed by atoms with Crippen molar-refractivity contribution in [2.75, 3.05) is 10.6 Å². The molecule has 0 aromatic heterocycles. The molecule has 0 spiro atoms. The van der Waals surface area contributed by atoms with Crippen molar-refractivity contribution in [3.8, 4) is 0 Å². The Bertz CT molecular complexity index is 1260. The zero-order chi connectivity index (χ0) is 23.5. The maximum atomic E-state index is 13.5. The van der Waals surface area contributed by atoms with Gasteiger partial charge in [0.05, 0.1) is 12.1 Å². The Morgan fingerprint density at radius 1 is 0.879 bits per heavy atom. The van der Waals surface area contributed by atoms with Crippen LogP contribution in [0.4, 0.5) is 11.4 Å². The van der Waals surface area contributed by atoms with Gasteiger partial charge in [-0.05, 0) is 54.3 Å². The second-order valence-corrected chi connectivity index (χ2v) is 8.13. The summed E-state index contributed by atoms with van der Waals surface area (Å²) in [6, 6.07) is 22.3. The van der Waals surface area contributed by atoms with E-state index >= 15 is 0 Å². The van der Waals surface area contributed by atoms with E-state index in [0.717, 1.165) is 22.4 Å². The number of hydrogen-bond acceptors (Lipinski definition) is 4. The van der Waals surface area contributed by atoms with Gasteiger partial charge in [0.25, 0.3) is 11.8 Å². The third-order valence-corrected chi connectivity index (χ3v) is 5.50. The molecule has 1 heterocycles. The minimum absolute atomic E-state index is 0.180. The third-order valence-electron chi connectivity index (χ3n) is 5.50. The van der Waals surface area contributed by atoms with Gasteiger partial charge in [0.15, 0.2) is 0 Å². The number of imide groups is 1. The number of anilines is 2. The number of nitrogens with one attached hydrogen (secondary N) is 2. The summed E-state index contributed by atoms with van der Waals surface area (Å²) < 4.78 is 0. The van der Waals surface area contributed by atoms with Gasteiger partial charge in [-0.15, -0.1) is 0 Å². The second kappa shape index (κ2) is 9.12. The number of amides is 3. The van der Waals surface area contributed by atoms with Crippen molar-refractivity contribution in [1.29, 1.82) is 0 Å². The van der Waals surface area contributed by atoms with Crippen LogP contribution >= 0.6 is 0 Å². The van der Waals surface area contributed by atoms with Crippen LogP contribution in [0.2, 0.25) is 0 Å². The molecule has 0 aliphatic carbocycles. The van der Waals surface area contributed by atoms with E-state index in [0.29, 0.717) is 16.8 Å². The van der Waals surface area contributed by atoms with Gasteiger partial charge in [-0.1, -0.05) is 54.6 Å². The topological polar surface area (TPSA) is 78.5 Å². The molecule has 0 unspecified atom stereocenters. The molecule has 3 aromatic rings. The summed E-state index contributed by atoms with van der Waals surface area (Å²) in [6.45, 7) is 5.55. The van der Waals surface area contributed by atoms with Crippen molar-refractivity contribution in [2.45, 2.75) is 27.3 Å². The molecule has 33 heavy (non-hydrogen) atoms. The van der Waals surface area contributed by atoms with Gasteiger partial charge in [-0.3, -0.25) is 19.3 Å². The van der Waals surface area contributed by atoms with Gasteiger partial charge < -0.3 is 10.6 Å². The summed E-state index contributed by atoms with van der Waals surface area (Å²) in [6.07, 6.45) is 0. The number of aryl methyl sites for hydroxylation is 2. The highest BCUT2D eigenvalue weighted by Crippen LogP contribution is 2.33. The summed E-state index contributed by atoms with van der Waals surface area (Å²) in [5.41, 5.74) is 5.44. The Balaban J connectivity index is 1.75. The summed E-state index contributed by atoms with van der Waals surface area (Å²) >= 11 is 0. The highest BCUT2D eigenvalue weighted by Gasteiger charge is 2.39. The van der Waals surface area contributed by atoms with Gasteiger partial charge in [-0.25, -0.2) is 0 Å². The van der Waals surface area contributed by atoms with Crippen LogP contribution < -0.4 is 10.6 Å². The number of benzene rings is 3. The van der Waals surface area contributed by atoms with E-state index in [1.54, 1.807) is 24.3 Å². The van der Waals surface area contributed by atoms with Crippen LogP contribution in [-0.4, -0.2) is 22.6 Å². The Labute approximate surface area is 192 Å². The molecule has 4 rings (SSSR count). The van der Waals surface area contributed by atoms with Crippen molar-refractivity contribution < 1.29 is 14.4 Å². The molecule has 0 radical (unpaired) electrons. The van der Waals surface area contributed by atoms with E-state index in [9.17, 15) is 14.4 Å². The van der Waals surface area contributed by atoms with Crippen molar-refractivity contribution in [1.82, 2.24) is 4.90 Å². The molecule has 0 bridgehead atoms. The lowest BCUT2D eigenvalue weighted by Gasteiger charge is -2.16. The summed E-state index contributed by atoms with van der Waals surface area (Å²) in [5, 5.41) is 5.96. The number of rotatable bonds is 6. The summed E-state index contributed by atoms with van der Waals surface area (Å²) in [5.74, 6) is -0.907. The maximum absolute atomic E-state index is 13.5. The summed E-state index contributed by atoms with van der Waals surface area (Å²) in [4.78, 5) is 39.5. The minimum Gasteiger partial charge on any atom is -0.350 e. The van der Waals surface area contributed by atoms with Crippen LogP contribution in [0.25, 0.3) is 5.57 Å². The molecule has 1 aliphatic rings. The van der Waals surface area contributed by atoms with Gasteiger partial charge in [0.1, 0.15) is 5.70 Å². The monoisotopic (exact) mass is 439 g/mol. The fourth-order valence-corrected chi connectivity index (χ4v) is 3.80. The van der Waals surface area contributed by atoms with E-state index in [-0.39, 0.29) is 30.0 Å². The molecule has 3 aromatic carbocycles. The molecular formula is C27H25N3O3. The lowest BCUT2D eigenvalue weighted by atomic mass is 10.0. The first-order chi connectivity index (χ1) is 15.8. The number of carbonyl (C=O) groups excluding carboxylic acids is 3. The molecule has 0 atom stereocenters. The normalized spacial score (nSPS) is 13.5. The van der Waals surface area contributed by atoms with Crippen LogP contribution in [-0.2, 0) is 20.9 Å². The third kappa shape index (κ3) is 4.70. The average Bonchev–Trinajstić information content (AvgIpc) is 3.01. The zero-order valence-electron chi connectivity index (χ0n) is 18.8. The van der Waals surface area contributed by atoms with Gasteiger partial charge >= 0.3 is 0 Å². The molecule has 0 fully saturated rings. The Morgan fingerprint density at radius 3 is 2.24 bits per heavy atom. The molecule has 3 amide bonds. The first-order valence-corrected chi connectivity index (χ1v) is 10.7. The van der Waals surface area contributed by atoms with Crippen molar-refractivity contribution in [2.24, 2.45) is 0 Å². The van der Waals surface area contributed by atoms with Crippen LogP contribution in [0, 0.1) is 13.8 Å². The van der Waals surface area contributed by atoms with Crippen molar-refractivity contribution >= 4 is 34.7 Å². The van der Waals surface area contributed by atoms with E-state index < -0.39 is 0 Å². The SMILES string of the molecule is CC(=O)Nc1ccc(C2=C(Nc3cc(C)ccc3C)C(=O)N(Cc3ccccc3)C2=O)cc1. The highest BCUT2D eigenvalue weighted by atomic mass is 16.2. The first-order valence-electron chi connectivity index (χ1n) is 10.7. The largest absolute Gasteiger partial charge is 0.350 e. The molecule has 2 N–H and O–H groups in total. The lowest BCUT2D eigenvalue weighted by Crippen LogP contribution is -2.32. The van der Waals surface area contributed by atoms with Gasteiger partial charge in [0.2, 0.25) is 5.91 Å². The average molecular weight is 440 g/mol. The predicted octanol–water partition coefficient (Wildman–Crippen LogP) is 4.65. The predicted molar refractivity (Wildman–Crippen MR) is 129 cm³/mol. The van der Waals surface area contributed by atoms with Crippen molar-refractivity contribution in [3.05, 3.63) is 101 Å². The lowest BCUT2D eigenvalue weighted by molar-refractivity contribution is -0.137. The summed E-state index contributed by atoms with van der Waals surface area (Å²) in [7, 11) is 0. The molecule has 6 nitrogen and oxygen atoms in total. The maximum Gasteiger partial charge on any atom is 0.278 e. The smallest absolute Gasteiger partial charge is 0.278 e. The highest BCUT2D eigenvalue weighted by molar-refractivity contribution is 6.36. The Kier molecular flexibility index (Phi) is 6.09. The number of nitrogens with zero attached hydrogens (tertiary/aromatic N) is 1. The van der Waals surface area contributed by atoms with Crippen LogP contribution in [0.5, 0.6) is 0 Å². The first kappa shape index (κ1) is 22.0. The molecule has 0 saturated heterocycles. The zero-order valence-corrected chi connectivity index (χ0v) is 18.8. The van der Waals surface area contributed by atoms with Gasteiger partial charge in [-0.2, -0.15) is 0 Å². The number of carbonyl (C=O) groups is 3. The quantitative estimate of drug-likeness (QED) is 0.548. The van der Waals surface area contributed by atoms with Crippen LogP contribution in [0.15, 0.2) is 78.5 Å². The second-order valence-electron chi connectivity index (χ2n) is 8.13. The number of hydrogen-bond donors (Lipinski definition) is 2. The van der Waals surface area contributed by atoms with E-state index in [4.69, 9.17) is 0 Å². The van der Waals surface area contributed by atoms with E-state index in [1.165, 1.54) is 11.8 Å². The minimum atomic E-state index is -0.370. The standard InChI is InChI=1S/C27H25N3O3/c1-17-9-10-18(2)23(15-17)29-25-24(21-11-13-22(14-12-21)28-19(3)31)26(32)30(27(25)33)16-20-7-5-4-6-8-20/h4-15,29H,16H2,1-3H3,(H,28,31). The molecule has 6 heteroatoms.